The third-order valence-corrected chi connectivity index (χ3v) is 4.62. The Morgan fingerprint density at radius 1 is 1.30 bits per heavy atom. The molecular weight excluding hydrogens is 413 g/mol. The number of rotatable bonds is 4. The van der Waals surface area contributed by atoms with Crippen molar-refractivity contribution < 1.29 is 13.9 Å². The molecule has 136 valence electrons. The molecule has 2 aromatic carbocycles. The van der Waals surface area contributed by atoms with Crippen LogP contribution in [0.4, 0.5) is 10.1 Å². The van der Waals surface area contributed by atoms with Crippen LogP contribution in [-0.4, -0.2) is 24.1 Å². The molecule has 0 unspecified atom stereocenters. The predicted octanol–water partition coefficient (Wildman–Crippen LogP) is 4.65. The van der Waals surface area contributed by atoms with Crippen molar-refractivity contribution in [3.05, 3.63) is 58.3 Å². The van der Waals surface area contributed by atoms with Crippen molar-refractivity contribution in [2.24, 2.45) is 0 Å². The maximum atomic E-state index is 13.8. The van der Waals surface area contributed by atoms with Crippen molar-refractivity contribution in [1.82, 2.24) is 4.98 Å². The lowest BCUT2D eigenvalue weighted by atomic mass is 10.0. The first kappa shape index (κ1) is 18.8. The van der Waals surface area contributed by atoms with Crippen molar-refractivity contribution in [1.29, 1.82) is 5.26 Å². The zero-order chi connectivity index (χ0) is 19.6. The number of pyridine rings is 1. The quantitative estimate of drug-likeness (QED) is 0.613. The van der Waals surface area contributed by atoms with E-state index < -0.39 is 17.8 Å². The highest BCUT2D eigenvalue weighted by molar-refractivity contribution is 9.10. The summed E-state index contributed by atoms with van der Waals surface area (Å²) in [6.07, 6.45) is 0. The molecule has 0 saturated carbocycles. The summed E-state index contributed by atoms with van der Waals surface area (Å²) in [7, 11) is 1.28. The Kier molecular flexibility index (Phi) is 5.38. The number of nitriles is 1. The van der Waals surface area contributed by atoms with E-state index in [4.69, 9.17) is 4.74 Å². The summed E-state index contributed by atoms with van der Waals surface area (Å²) in [5, 5.41) is 13.2. The number of benzene rings is 2. The first-order valence-corrected chi connectivity index (χ1v) is 8.87. The van der Waals surface area contributed by atoms with Crippen molar-refractivity contribution in [2.75, 3.05) is 12.4 Å². The van der Waals surface area contributed by atoms with Crippen LogP contribution < -0.4 is 5.32 Å². The minimum absolute atomic E-state index is 0.228. The largest absolute Gasteiger partial charge is 0.467 e. The Morgan fingerprint density at radius 2 is 2.00 bits per heavy atom. The van der Waals surface area contributed by atoms with Gasteiger partial charge in [-0.3, -0.25) is 0 Å². The number of hydrogen-bond acceptors (Lipinski definition) is 5. The summed E-state index contributed by atoms with van der Waals surface area (Å²) < 4.78 is 19.5. The SMILES string of the molecule is COC(=O)[C@@H](C)Nc1c(C#N)c(-c2ccc(Br)cc2)nc2ccc(F)cc12. The van der Waals surface area contributed by atoms with E-state index in [1.165, 1.54) is 19.2 Å². The fraction of sp³-hybridized carbons (Fsp3) is 0.150. The van der Waals surface area contributed by atoms with Gasteiger partial charge in [-0.15, -0.1) is 0 Å². The van der Waals surface area contributed by atoms with Crippen LogP contribution in [0.15, 0.2) is 46.9 Å². The van der Waals surface area contributed by atoms with Crippen LogP contribution in [0.3, 0.4) is 0 Å². The van der Waals surface area contributed by atoms with E-state index in [-0.39, 0.29) is 5.56 Å². The van der Waals surface area contributed by atoms with Crippen molar-refractivity contribution >= 4 is 38.5 Å². The van der Waals surface area contributed by atoms with Crippen molar-refractivity contribution in [3.63, 3.8) is 0 Å². The Balaban J connectivity index is 2.29. The monoisotopic (exact) mass is 427 g/mol. The molecule has 3 aromatic rings. The zero-order valence-electron chi connectivity index (χ0n) is 14.6. The number of anilines is 1. The van der Waals surface area contributed by atoms with Crippen LogP contribution >= 0.6 is 15.9 Å². The number of carbonyl (C=O) groups is 1. The lowest BCUT2D eigenvalue weighted by Crippen LogP contribution is -2.27. The van der Waals surface area contributed by atoms with E-state index in [9.17, 15) is 14.4 Å². The summed E-state index contributed by atoms with van der Waals surface area (Å²) in [5.41, 5.74) is 2.26. The van der Waals surface area contributed by atoms with E-state index in [1.54, 1.807) is 13.0 Å². The molecule has 0 aliphatic carbocycles. The van der Waals surface area contributed by atoms with Gasteiger partial charge in [0, 0.05) is 15.4 Å². The van der Waals surface area contributed by atoms with Gasteiger partial charge in [0.2, 0.25) is 0 Å². The minimum Gasteiger partial charge on any atom is -0.467 e. The highest BCUT2D eigenvalue weighted by Gasteiger charge is 2.21. The molecule has 5 nitrogen and oxygen atoms in total. The number of carbonyl (C=O) groups excluding carboxylic acids is 1. The van der Waals surface area contributed by atoms with Gasteiger partial charge in [-0.2, -0.15) is 5.26 Å². The van der Waals surface area contributed by atoms with E-state index in [0.29, 0.717) is 22.3 Å². The summed E-state index contributed by atoms with van der Waals surface area (Å²) >= 11 is 3.38. The molecule has 0 spiro atoms. The lowest BCUT2D eigenvalue weighted by Gasteiger charge is -2.18. The molecule has 27 heavy (non-hydrogen) atoms. The normalized spacial score (nSPS) is 11.7. The molecule has 0 amide bonds. The maximum absolute atomic E-state index is 13.8. The highest BCUT2D eigenvalue weighted by Crippen LogP contribution is 2.34. The number of ether oxygens (including phenoxy) is 1. The van der Waals surface area contributed by atoms with Gasteiger partial charge in [-0.1, -0.05) is 28.1 Å². The van der Waals surface area contributed by atoms with Crippen LogP contribution in [0.5, 0.6) is 0 Å². The number of hydrogen-bond donors (Lipinski definition) is 1. The van der Waals surface area contributed by atoms with Crippen LogP contribution in [-0.2, 0) is 9.53 Å². The minimum atomic E-state index is -0.728. The van der Waals surface area contributed by atoms with Crippen molar-refractivity contribution in [3.8, 4) is 17.3 Å². The smallest absolute Gasteiger partial charge is 0.327 e. The molecule has 1 heterocycles. The first-order valence-electron chi connectivity index (χ1n) is 8.08. The van der Waals surface area contributed by atoms with E-state index in [2.05, 4.69) is 32.3 Å². The van der Waals surface area contributed by atoms with Crippen LogP contribution in [0.1, 0.15) is 12.5 Å². The summed E-state index contributed by atoms with van der Waals surface area (Å²) in [6, 6.07) is 12.9. The number of methoxy groups -OCH3 is 1. The van der Waals surface area contributed by atoms with Crippen LogP contribution in [0, 0.1) is 17.1 Å². The number of nitrogens with one attached hydrogen (secondary N) is 1. The van der Waals surface area contributed by atoms with Gasteiger partial charge >= 0.3 is 5.97 Å². The fourth-order valence-electron chi connectivity index (χ4n) is 2.76. The number of halogens is 2. The van der Waals surface area contributed by atoms with Gasteiger partial charge in [-0.05, 0) is 37.3 Å². The average molecular weight is 428 g/mol. The summed E-state index contributed by atoms with van der Waals surface area (Å²) in [4.78, 5) is 16.4. The predicted molar refractivity (Wildman–Crippen MR) is 105 cm³/mol. The van der Waals surface area contributed by atoms with Gasteiger partial charge in [0.05, 0.1) is 24.0 Å². The number of nitrogens with zero attached hydrogens (tertiary/aromatic N) is 2. The lowest BCUT2D eigenvalue weighted by molar-refractivity contribution is -0.141. The fourth-order valence-corrected chi connectivity index (χ4v) is 3.03. The third-order valence-electron chi connectivity index (χ3n) is 4.09. The van der Waals surface area contributed by atoms with Gasteiger partial charge in [0.1, 0.15) is 23.5 Å². The topological polar surface area (TPSA) is 75.0 Å². The molecule has 0 bridgehead atoms. The molecule has 7 heteroatoms. The van der Waals surface area contributed by atoms with Gasteiger partial charge in [0.15, 0.2) is 0 Å². The second kappa shape index (κ2) is 7.72. The van der Waals surface area contributed by atoms with E-state index in [1.807, 2.05) is 24.3 Å². The van der Waals surface area contributed by atoms with Gasteiger partial charge < -0.3 is 10.1 Å². The van der Waals surface area contributed by atoms with E-state index in [0.717, 1.165) is 10.0 Å². The molecule has 0 aliphatic heterocycles. The Hall–Kier alpha value is -2.98. The Morgan fingerprint density at radius 3 is 2.63 bits per heavy atom. The maximum Gasteiger partial charge on any atom is 0.327 e. The molecule has 1 aromatic heterocycles. The number of fused-ring (bicyclic) bond motifs is 1. The van der Waals surface area contributed by atoms with Gasteiger partial charge in [-0.25, -0.2) is 14.2 Å². The van der Waals surface area contributed by atoms with Gasteiger partial charge in [0.25, 0.3) is 0 Å². The van der Waals surface area contributed by atoms with Crippen molar-refractivity contribution in [2.45, 2.75) is 13.0 Å². The Bertz CT molecular complexity index is 1060. The number of aromatic nitrogens is 1. The third kappa shape index (κ3) is 3.76. The molecule has 3 rings (SSSR count). The Labute approximate surface area is 163 Å². The first-order chi connectivity index (χ1) is 12.9. The molecular formula is C20H15BrFN3O2. The van der Waals surface area contributed by atoms with Crippen LogP contribution in [0.25, 0.3) is 22.2 Å². The molecule has 0 fully saturated rings. The molecule has 0 radical (unpaired) electrons. The van der Waals surface area contributed by atoms with Crippen LogP contribution in [0.2, 0.25) is 0 Å². The van der Waals surface area contributed by atoms with E-state index >= 15 is 0 Å². The zero-order valence-corrected chi connectivity index (χ0v) is 16.2. The average Bonchev–Trinajstić information content (AvgIpc) is 2.67. The second-order valence-electron chi connectivity index (χ2n) is 5.88. The molecule has 0 aliphatic rings. The standard InChI is InChI=1S/C20H15BrFN3O2/c1-11(20(26)27-2)24-19-15-9-14(22)7-8-17(15)25-18(16(19)10-23)12-3-5-13(21)6-4-12/h3-9,11H,1-2H3,(H,24,25)/t11-/m1/s1. The molecule has 1 N–H and O–H groups in total. The summed E-state index contributed by atoms with van der Waals surface area (Å²) in [6.45, 7) is 1.61. The molecule has 1 atom stereocenters. The number of esters is 1. The second-order valence-corrected chi connectivity index (χ2v) is 6.80. The summed E-state index contributed by atoms with van der Waals surface area (Å²) in [5.74, 6) is -0.955. The highest BCUT2D eigenvalue weighted by atomic mass is 79.9. The molecule has 0 saturated heterocycles.